The van der Waals surface area contributed by atoms with E-state index in [4.69, 9.17) is 5.11 Å². The summed E-state index contributed by atoms with van der Waals surface area (Å²) in [6.45, 7) is 4.49. The molecule has 0 bridgehead atoms. The van der Waals surface area contributed by atoms with Gasteiger partial charge in [-0.1, -0.05) is 26.0 Å². The normalized spacial score (nSPS) is 11.7. The molecule has 0 aromatic heterocycles. The van der Waals surface area contributed by atoms with E-state index >= 15 is 0 Å². The van der Waals surface area contributed by atoms with Crippen molar-refractivity contribution < 1.29 is 18.3 Å². The lowest BCUT2D eigenvalue weighted by molar-refractivity contribution is 0.0697. The van der Waals surface area contributed by atoms with Gasteiger partial charge in [-0.3, -0.25) is 0 Å². The van der Waals surface area contributed by atoms with Gasteiger partial charge in [-0.05, 0) is 17.7 Å². The van der Waals surface area contributed by atoms with Crippen molar-refractivity contribution in [3.8, 4) is 0 Å². The molecule has 0 aliphatic carbocycles. The average Bonchev–Trinajstić information content (AvgIpc) is 2.38. The van der Waals surface area contributed by atoms with Gasteiger partial charge in [0.1, 0.15) is 0 Å². The van der Waals surface area contributed by atoms with Crippen molar-refractivity contribution in [3.05, 3.63) is 35.4 Å². The Hall–Kier alpha value is -1.44. The molecule has 0 saturated carbocycles. The van der Waals surface area contributed by atoms with Gasteiger partial charge in [-0.25, -0.2) is 4.79 Å². The van der Waals surface area contributed by atoms with Crippen LogP contribution in [0.3, 0.4) is 0 Å². The Bertz CT molecular complexity index is 521. The Morgan fingerprint density at radius 2 is 1.74 bits per heavy atom. The number of carboxylic acids is 1. The number of benzene rings is 1. The molecule has 0 heterocycles. The first kappa shape index (κ1) is 15.6. The van der Waals surface area contributed by atoms with Gasteiger partial charge in [0.05, 0.1) is 5.56 Å². The zero-order valence-electron chi connectivity index (χ0n) is 11.0. The number of nitrogens with one attached hydrogen (secondary N) is 1. The summed E-state index contributed by atoms with van der Waals surface area (Å²) in [5.41, 5.74) is 0.885. The van der Waals surface area contributed by atoms with Crippen LogP contribution in [0, 0.1) is 0 Å². The fourth-order valence-corrected chi connectivity index (χ4v) is 2.81. The van der Waals surface area contributed by atoms with Gasteiger partial charge in [-0.2, -0.15) is 17.4 Å². The van der Waals surface area contributed by atoms with Crippen molar-refractivity contribution >= 4 is 16.2 Å². The molecule has 0 fully saturated rings. The Morgan fingerprint density at radius 1 is 1.21 bits per heavy atom. The molecule has 1 rings (SSSR count). The van der Waals surface area contributed by atoms with Crippen LogP contribution in [0.25, 0.3) is 0 Å². The first-order valence-electron chi connectivity index (χ1n) is 5.97. The zero-order valence-corrected chi connectivity index (χ0v) is 11.8. The van der Waals surface area contributed by atoms with Crippen LogP contribution in [0.15, 0.2) is 24.3 Å². The molecule has 106 valence electrons. The molecule has 0 spiro atoms. The molecule has 0 aliphatic rings. The van der Waals surface area contributed by atoms with Crippen LogP contribution in [0.1, 0.15) is 29.8 Å². The van der Waals surface area contributed by atoms with Crippen LogP contribution >= 0.6 is 0 Å². The minimum atomic E-state index is -3.48. The van der Waals surface area contributed by atoms with Gasteiger partial charge in [0.2, 0.25) is 0 Å². The number of aromatic carboxylic acids is 1. The van der Waals surface area contributed by atoms with Crippen molar-refractivity contribution in [2.24, 2.45) is 0 Å². The van der Waals surface area contributed by atoms with Gasteiger partial charge in [0.15, 0.2) is 0 Å². The number of hydrogen-bond acceptors (Lipinski definition) is 3. The Balaban J connectivity index is 2.69. The molecule has 0 amide bonds. The van der Waals surface area contributed by atoms with E-state index in [2.05, 4.69) is 4.72 Å². The third kappa shape index (κ3) is 4.30. The Morgan fingerprint density at radius 3 is 2.16 bits per heavy atom. The van der Waals surface area contributed by atoms with Crippen molar-refractivity contribution in [2.75, 3.05) is 13.1 Å². The van der Waals surface area contributed by atoms with Crippen molar-refractivity contribution in [1.82, 2.24) is 9.03 Å². The molecule has 1 aromatic rings. The summed E-state index contributed by atoms with van der Waals surface area (Å²) in [5.74, 6) is -1.00. The zero-order chi connectivity index (χ0) is 14.5. The number of carbonyl (C=O) groups is 1. The van der Waals surface area contributed by atoms with E-state index in [0.717, 1.165) is 0 Å². The number of nitrogens with zero attached hydrogens (tertiary/aromatic N) is 1. The van der Waals surface area contributed by atoms with Crippen LogP contribution < -0.4 is 4.72 Å². The molecule has 0 aliphatic heterocycles. The number of rotatable bonds is 7. The lowest BCUT2D eigenvalue weighted by Crippen LogP contribution is -2.40. The van der Waals surface area contributed by atoms with E-state index in [-0.39, 0.29) is 12.1 Å². The molecule has 0 saturated heterocycles. The summed E-state index contributed by atoms with van der Waals surface area (Å²) < 4.78 is 27.5. The van der Waals surface area contributed by atoms with Crippen molar-refractivity contribution in [3.63, 3.8) is 0 Å². The topological polar surface area (TPSA) is 86.7 Å². The smallest absolute Gasteiger partial charge is 0.335 e. The maximum Gasteiger partial charge on any atom is 0.335 e. The largest absolute Gasteiger partial charge is 0.478 e. The van der Waals surface area contributed by atoms with E-state index in [1.165, 1.54) is 16.4 Å². The quantitative estimate of drug-likeness (QED) is 0.784. The van der Waals surface area contributed by atoms with E-state index in [1.807, 2.05) is 0 Å². The van der Waals surface area contributed by atoms with E-state index in [9.17, 15) is 13.2 Å². The highest BCUT2D eigenvalue weighted by Crippen LogP contribution is 2.05. The van der Waals surface area contributed by atoms with E-state index in [1.54, 1.807) is 26.0 Å². The molecular weight excluding hydrogens is 268 g/mol. The average molecular weight is 286 g/mol. The van der Waals surface area contributed by atoms with E-state index < -0.39 is 16.2 Å². The first-order valence-corrected chi connectivity index (χ1v) is 7.41. The highest BCUT2D eigenvalue weighted by atomic mass is 32.2. The third-order valence-corrected chi connectivity index (χ3v) is 4.41. The van der Waals surface area contributed by atoms with Crippen LogP contribution in [0.2, 0.25) is 0 Å². The fraction of sp³-hybridized carbons (Fsp3) is 0.417. The second-order valence-corrected chi connectivity index (χ2v) is 5.67. The highest BCUT2D eigenvalue weighted by Gasteiger charge is 2.17. The Kier molecular flexibility index (Phi) is 5.46. The lowest BCUT2D eigenvalue weighted by Gasteiger charge is -2.18. The highest BCUT2D eigenvalue weighted by molar-refractivity contribution is 7.87. The molecule has 7 heteroatoms. The second kappa shape index (κ2) is 6.65. The van der Waals surface area contributed by atoms with Crippen LogP contribution in [-0.2, 0) is 16.8 Å². The number of carboxylic acid groups (broad SMARTS) is 1. The van der Waals surface area contributed by atoms with Gasteiger partial charge < -0.3 is 5.11 Å². The first-order chi connectivity index (χ1) is 8.90. The summed E-state index contributed by atoms with van der Waals surface area (Å²) in [7, 11) is -3.48. The van der Waals surface area contributed by atoms with Gasteiger partial charge in [-0.15, -0.1) is 0 Å². The molecule has 0 radical (unpaired) electrons. The summed E-state index contributed by atoms with van der Waals surface area (Å²) in [4.78, 5) is 10.7. The van der Waals surface area contributed by atoms with Crippen LogP contribution in [0.5, 0.6) is 0 Å². The summed E-state index contributed by atoms with van der Waals surface area (Å²) in [5, 5.41) is 8.75. The van der Waals surface area contributed by atoms with Crippen LogP contribution in [-0.4, -0.2) is 36.9 Å². The molecule has 6 nitrogen and oxygen atoms in total. The predicted octanol–water partition coefficient (Wildman–Crippen LogP) is 1.06. The summed E-state index contributed by atoms with van der Waals surface area (Å²) in [6, 6.07) is 6.08. The molecule has 2 N–H and O–H groups in total. The van der Waals surface area contributed by atoms with Crippen LogP contribution in [0.4, 0.5) is 0 Å². The maximum absolute atomic E-state index is 11.9. The van der Waals surface area contributed by atoms with Gasteiger partial charge in [0, 0.05) is 19.6 Å². The standard InChI is InChI=1S/C12H18N2O4S/c1-3-14(4-2)19(17,18)13-9-10-5-7-11(8-6-10)12(15)16/h5-8,13H,3-4,9H2,1-2H3,(H,15,16). The van der Waals surface area contributed by atoms with Gasteiger partial charge in [0.25, 0.3) is 10.2 Å². The number of hydrogen-bond donors (Lipinski definition) is 2. The molecule has 0 unspecified atom stereocenters. The Labute approximate surface area is 113 Å². The molecule has 19 heavy (non-hydrogen) atoms. The maximum atomic E-state index is 11.9. The molecule has 1 aromatic carbocycles. The SMILES string of the molecule is CCN(CC)S(=O)(=O)NCc1ccc(C(=O)O)cc1. The summed E-state index contributed by atoms with van der Waals surface area (Å²) in [6.07, 6.45) is 0. The summed E-state index contributed by atoms with van der Waals surface area (Å²) >= 11 is 0. The predicted molar refractivity (Wildman–Crippen MR) is 72.1 cm³/mol. The van der Waals surface area contributed by atoms with Crippen molar-refractivity contribution in [2.45, 2.75) is 20.4 Å². The molecular formula is C12H18N2O4S. The minimum absolute atomic E-state index is 0.138. The monoisotopic (exact) mass is 286 g/mol. The van der Waals surface area contributed by atoms with Gasteiger partial charge >= 0.3 is 5.97 Å². The molecule has 0 atom stereocenters. The second-order valence-electron chi connectivity index (χ2n) is 3.91. The minimum Gasteiger partial charge on any atom is -0.478 e. The fourth-order valence-electron chi connectivity index (χ4n) is 1.59. The van der Waals surface area contributed by atoms with Crippen molar-refractivity contribution in [1.29, 1.82) is 0 Å². The third-order valence-electron chi connectivity index (χ3n) is 2.70. The lowest BCUT2D eigenvalue weighted by atomic mass is 10.1. The van der Waals surface area contributed by atoms with E-state index in [0.29, 0.717) is 18.7 Å².